The first-order valence-electron chi connectivity index (χ1n) is 5.17. The van der Waals surface area contributed by atoms with Crippen LogP contribution in [-0.2, 0) is 0 Å². The first-order valence-corrected chi connectivity index (χ1v) is 6.37. The fourth-order valence-electron chi connectivity index (χ4n) is 1.40. The van der Waals surface area contributed by atoms with Crippen molar-refractivity contribution in [2.75, 3.05) is 5.32 Å². The molecule has 0 aliphatic heterocycles. The number of carbonyl (C=O) groups excluding carboxylic acids is 1. The molecular weight excluding hydrogens is 312 g/mol. The zero-order valence-corrected chi connectivity index (χ0v) is 11.2. The SMILES string of the molecule is O=C(O)c1ccc(NC(=O)c2cc(F)c(F)cc2Cl)s1. The van der Waals surface area contributed by atoms with Crippen molar-refractivity contribution in [3.8, 4) is 0 Å². The standard InChI is InChI=1S/C12H6ClF2NO3S/c13-6-4-8(15)7(14)3-5(6)11(17)16-10-2-1-9(20-10)12(18)19/h1-4H,(H,16,17)(H,18,19). The summed E-state index contributed by atoms with van der Waals surface area (Å²) in [6.45, 7) is 0. The van der Waals surface area contributed by atoms with Gasteiger partial charge in [-0.05, 0) is 24.3 Å². The maximum atomic E-state index is 13.1. The molecular formula is C12H6ClF2NO3S. The Hall–Kier alpha value is -1.99. The summed E-state index contributed by atoms with van der Waals surface area (Å²) in [5.41, 5.74) is -0.240. The molecule has 1 aromatic carbocycles. The normalized spacial score (nSPS) is 10.3. The molecule has 2 N–H and O–H groups in total. The van der Waals surface area contributed by atoms with E-state index < -0.39 is 23.5 Å². The largest absolute Gasteiger partial charge is 0.477 e. The van der Waals surface area contributed by atoms with E-state index in [2.05, 4.69) is 5.32 Å². The van der Waals surface area contributed by atoms with Gasteiger partial charge in [-0.25, -0.2) is 13.6 Å². The van der Waals surface area contributed by atoms with E-state index in [0.29, 0.717) is 12.1 Å². The number of carboxylic acids is 1. The molecule has 0 saturated heterocycles. The van der Waals surface area contributed by atoms with Crippen LogP contribution in [0.15, 0.2) is 24.3 Å². The maximum Gasteiger partial charge on any atom is 0.345 e. The minimum atomic E-state index is -1.20. The second-order valence-electron chi connectivity index (χ2n) is 3.67. The highest BCUT2D eigenvalue weighted by atomic mass is 35.5. The third kappa shape index (κ3) is 2.94. The molecule has 1 heterocycles. The number of carboxylic acid groups (broad SMARTS) is 1. The monoisotopic (exact) mass is 317 g/mol. The Morgan fingerprint density at radius 2 is 1.85 bits per heavy atom. The number of carbonyl (C=O) groups is 2. The van der Waals surface area contributed by atoms with Gasteiger partial charge in [-0.2, -0.15) is 0 Å². The predicted molar refractivity (Wildman–Crippen MR) is 70.6 cm³/mol. The average molecular weight is 318 g/mol. The van der Waals surface area contributed by atoms with Crippen molar-refractivity contribution >= 4 is 39.8 Å². The molecule has 1 amide bonds. The fourth-order valence-corrected chi connectivity index (χ4v) is 2.37. The summed E-state index contributed by atoms with van der Waals surface area (Å²) in [4.78, 5) is 22.6. The van der Waals surface area contributed by atoms with Gasteiger partial charge >= 0.3 is 5.97 Å². The van der Waals surface area contributed by atoms with Crippen LogP contribution in [0, 0.1) is 11.6 Å². The van der Waals surface area contributed by atoms with E-state index >= 15 is 0 Å². The molecule has 1 aromatic heterocycles. The van der Waals surface area contributed by atoms with Crippen molar-refractivity contribution < 1.29 is 23.5 Å². The molecule has 0 saturated carbocycles. The van der Waals surface area contributed by atoms with Crippen molar-refractivity contribution in [3.63, 3.8) is 0 Å². The summed E-state index contributed by atoms with van der Waals surface area (Å²) in [5, 5.41) is 11.1. The summed E-state index contributed by atoms with van der Waals surface area (Å²) in [5.74, 6) is -4.23. The molecule has 104 valence electrons. The molecule has 0 radical (unpaired) electrons. The van der Waals surface area contributed by atoms with Crippen LogP contribution in [0.1, 0.15) is 20.0 Å². The zero-order chi connectivity index (χ0) is 14.9. The van der Waals surface area contributed by atoms with E-state index in [4.69, 9.17) is 16.7 Å². The van der Waals surface area contributed by atoms with Gasteiger partial charge in [0.05, 0.1) is 15.6 Å². The third-order valence-electron chi connectivity index (χ3n) is 2.31. The molecule has 0 spiro atoms. The Balaban J connectivity index is 2.23. The van der Waals surface area contributed by atoms with Crippen LogP contribution in [0.5, 0.6) is 0 Å². The summed E-state index contributed by atoms with van der Waals surface area (Å²) in [7, 11) is 0. The Bertz CT molecular complexity index is 702. The Morgan fingerprint density at radius 3 is 2.45 bits per heavy atom. The summed E-state index contributed by atoms with van der Waals surface area (Å²) < 4.78 is 26.0. The van der Waals surface area contributed by atoms with Gasteiger partial charge in [0.1, 0.15) is 4.88 Å². The first-order chi connectivity index (χ1) is 9.38. The molecule has 0 atom stereocenters. The Kier molecular flexibility index (Phi) is 4.01. The molecule has 4 nitrogen and oxygen atoms in total. The maximum absolute atomic E-state index is 13.1. The minimum absolute atomic E-state index is 0.0386. The fraction of sp³-hybridized carbons (Fsp3) is 0. The number of hydrogen-bond donors (Lipinski definition) is 2. The van der Waals surface area contributed by atoms with Crippen LogP contribution in [0.25, 0.3) is 0 Å². The molecule has 0 unspecified atom stereocenters. The smallest absolute Gasteiger partial charge is 0.345 e. The summed E-state index contributed by atoms with van der Waals surface area (Å²) in [6.07, 6.45) is 0. The van der Waals surface area contributed by atoms with Gasteiger partial charge in [0.15, 0.2) is 11.6 Å². The van der Waals surface area contributed by atoms with Gasteiger partial charge in [0.25, 0.3) is 5.91 Å². The number of aromatic carboxylic acids is 1. The van der Waals surface area contributed by atoms with Crippen LogP contribution >= 0.6 is 22.9 Å². The van der Waals surface area contributed by atoms with Crippen LogP contribution < -0.4 is 5.32 Å². The topological polar surface area (TPSA) is 66.4 Å². The van der Waals surface area contributed by atoms with Crippen molar-refractivity contribution in [1.82, 2.24) is 0 Å². The lowest BCUT2D eigenvalue weighted by Gasteiger charge is -2.05. The quantitative estimate of drug-likeness (QED) is 0.849. The molecule has 2 aromatic rings. The number of benzene rings is 1. The van der Waals surface area contributed by atoms with E-state index in [1.54, 1.807) is 0 Å². The average Bonchev–Trinajstić information content (AvgIpc) is 2.82. The first kappa shape index (κ1) is 14.4. The number of halogens is 3. The Morgan fingerprint density at radius 1 is 1.20 bits per heavy atom. The number of amides is 1. The Labute approximate surface area is 120 Å². The molecule has 2 rings (SSSR count). The number of hydrogen-bond acceptors (Lipinski definition) is 3. The summed E-state index contributed by atoms with van der Waals surface area (Å²) in [6, 6.07) is 4.08. The van der Waals surface area contributed by atoms with Crippen molar-refractivity contribution in [3.05, 3.63) is 51.4 Å². The van der Waals surface area contributed by atoms with Crippen LogP contribution in [0.4, 0.5) is 13.8 Å². The van der Waals surface area contributed by atoms with Gasteiger partial charge in [0, 0.05) is 0 Å². The zero-order valence-electron chi connectivity index (χ0n) is 9.62. The van der Waals surface area contributed by atoms with Crippen molar-refractivity contribution in [2.45, 2.75) is 0 Å². The molecule has 8 heteroatoms. The minimum Gasteiger partial charge on any atom is -0.477 e. The highest BCUT2D eigenvalue weighted by molar-refractivity contribution is 7.18. The summed E-state index contributed by atoms with van der Waals surface area (Å²) >= 11 is 6.49. The van der Waals surface area contributed by atoms with Gasteiger partial charge in [-0.1, -0.05) is 11.6 Å². The van der Waals surface area contributed by atoms with E-state index in [1.807, 2.05) is 0 Å². The number of nitrogens with one attached hydrogen (secondary N) is 1. The van der Waals surface area contributed by atoms with E-state index in [-0.39, 0.29) is 20.5 Å². The van der Waals surface area contributed by atoms with Crippen LogP contribution in [0.2, 0.25) is 5.02 Å². The molecule has 0 fully saturated rings. The molecule has 0 aliphatic carbocycles. The number of rotatable bonds is 3. The lowest BCUT2D eigenvalue weighted by atomic mass is 10.2. The highest BCUT2D eigenvalue weighted by Gasteiger charge is 2.16. The van der Waals surface area contributed by atoms with E-state index in [0.717, 1.165) is 11.3 Å². The number of anilines is 1. The van der Waals surface area contributed by atoms with Gasteiger partial charge in [-0.3, -0.25) is 4.79 Å². The van der Waals surface area contributed by atoms with Crippen LogP contribution in [0.3, 0.4) is 0 Å². The van der Waals surface area contributed by atoms with Crippen molar-refractivity contribution in [1.29, 1.82) is 0 Å². The van der Waals surface area contributed by atoms with E-state index in [9.17, 15) is 18.4 Å². The lowest BCUT2D eigenvalue weighted by molar-refractivity contribution is 0.0702. The molecule has 20 heavy (non-hydrogen) atoms. The second-order valence-corrected chi connectivity index (χ2v) is 5.16. The van der Waals surface area contributed by atoms with Crippen molar-refractivity contribution in [2.24, 2.45) is 0 Å². The highest BCUT2D eigenvalue weighted by Crippen LogP contribution is 2.25. The molecule has 0 bridgehead atoms. The van der Waals surface area contributed by atoms with Gasteiger partial charge < -0.3 is 10.4 Å². The van der Waals surface area contributed by atoms with Crippen LogP contribution in [-0.4, -0.2) is 17.0 Å². The number of thiophene rings is 1. The lowest BCUT2D eigenvalue weighted by Crippen LogP contribution is -2.12. The van der Waals surface area contributed by atoms with Gasteiger partial charge in [0.2, 0.25) is 0 Å². The van der Waals surface area contributed by atoms with Gasteiger partial charge in [-0.15, -0.1) is 11.3 Å². The third-order valence-corrected chi connectivity index (χ3v) is 3.61. The predicted octanol–water partition coefficient (Wildman–Crippen LogP) is 3.63. The van der Waals surface area contributed by atoms with E-state index in [1.165, 1.54) is 12.1 Å². The molecule has 0 aliphatic rings. The second kappa shape index (κ2) is 5.56.